The summed E-state index contributed by atoms with van der Waals surface area (Å²) < 4.78 is 4.98. The van der Waals surface area contributed by atoms with E-state index in [4.69, 9.17) is 16.0 Å². The highest BCUT2D eigenvalue weighted by Crippen LogP contribution is 2.27. The van der Waals surface area contributed by atoms with Crippen LogP contribution in [0, 0.1) is 0 Å². The minimum atomic E-state index is 0.484. The molecule has 0 saturated carbocycles. The molecule has 0 saturated heterocycles. The number of hydrogen-bond donors (Lipinski definition) is 0. The Morgan fingerprint density at radius 3 is 3.00 bits per heavy atom. The number of thiophene rings is 1. The number of nitrogens with zero attached hydrogens (tertiary/aromatic N) is 2. The molecule has 0 radical (unpaired) electrons. The van der Waals surface area contributed by atoms with Crippen molar-refractivity contribution in [3.05, 3.63) is 35.2 Å². The summed E-state index contributed by atoms with van der Waals surface area (Å²) in [6.07, 6.45) is 3.19. The van der Waals surface area contributed by atoms with Crippen LogP contribution in [-0.4, -0.2) is 9.97 Å². The van der Waals surface area contributed by atoms with E-state index in [-0.39, 0.29) is 0 Å². The molecule has 0 unspecified atom stereocenters. The normalized spacial score (nSPS) is 11.0. The van der Waals surface area contributed by atoms with Crippen LogP contribution >= 0.6 is 22.9 Å². The molecule has 0 spiro atoms. The summed E-state index contributed by atoms with van der Waals surface area (Å²) in [5.74, 6) is 0.601. The Hall–Kier alpha value is -1.39. The monoisotopic (exact) mass is 236 g/mol. The zero-order chi connectivity index (χ0) is 10.3. The lowest BCUT2D eigenvalue weighted by atomic mass is 10.3. The van der Waals surface area contributed by atoms with Gasteiger partial charge in [-0.1, -0.05) is 11.6 Å². The molecule has 0 atom stereocenters. The zero-order valence-corrected chi connectivity index (χ0v) is 9.05. The fraction of sp³-hybridized carbons (Fsp3) is 0. The highest BCUT2D eigenvalue weighted by molar-refractivity contribution is 7.16. The minimum absolute atomic E-state index is 0.484. The molecule has 0 fully saturated rings. The topological polar surface area (TPSA) is 38.9 Å². The molecule has 15 heavy (non-hydrogen) atoms. The maximum absolute atomic E-state index is 6.05. The Balaban J connectivity index is 2.29. The van der Waals surface area contributed by atoms with Crippen LogP contribution in [0.4, 0.5) is 0 Å². The number of rotatable bonds is 1. The van der Waals surface area contributed by atoms with Crippen LogP contribution in [0.2, 0.25) is 5.15 Å². The van der Waals surface area contributed by atoms with Gasteiger partial charge >= 0.3 is 0 Å². The van der Waals surface area contributed by atoms with Crippen molar-refractivity contribution in [2.24, 2.45) is 0 Å². The molecule has 0 aliphatic heterocycles. The smallest absolute Gasteiger partial charge is 0.165 e. The third-order valence-electron chi connectivity index (χ3n) is 2.06. The summed E-state index contributed by atoms with van der Waals surface area (Å²) in [6.45, 7) is 0. The third-order valence-corrected chi connectivity index (χ3v) is 3.15. The van der Waals surface area contributed by atoms with Crippen molar-refractivity contribution in [3.8, 4) is 11.4 Å². The standard InChI is InChI=1S/C10H5ClN2OS/c11-8-7-2-4-15-10(7)13-9(12-8)6-1-3-14-5-6/h1-5H. The van der Waals surface area contributed by atoms with Gasteiger partial charge in [0.1, 0.15) is 16.2 Å². The van der Waals surface area contributed by atoms with Crippen LogP contribution < -0.4 is 0 Å². The first-order valence-electron chi connectivity index (χ1n) is 4.28. The van der Waals surface area contributed by atoms with Gasteiger partial charge in [0.2, 0.25) is 0 Å². The van der Waals surface area contributed by atoms with Crippen molar-refractivity contribution >= 4 is 33.2 Å². The molecule has 3 rings (SSSR count). The summed E-state index contributed by atoms with van der Waals surface area (Å²) in [5.41, 5.74) is 0.840. The molecule has 0 amide bonds. The molecule has 5 heteroatoms. The van der Waals surface area contributed by atoms with E-state index in [0.29, 0.717) is 11.0 Å². The molecule has 0 aliphatic rings. The van der Waals surface area contributed by atoms with Crippen molar-refractivity contribution < 1.29 is 4.42 Å². The van der Waals surface area contributed by atoms with E-state index in [1.807, 2.05) is 17.5 Å². The van der Waals surface area contributed by atoms with Crippen LogP contribution in [0.5, 0.6) is 0 Å². The predicted octanol–water partition coefficient (Wildman–Crippen LogP) is 3.60. The van der Waals surface area contributed by atoms with Gasteiger partial charge in [-0.3, -0.25) is 0 Å². The molecule has 3 nitrogen and oxygen atoms in total. The molecule has 3 aromatic rings. The van der Waals surface area contributed by atoms with Crippen LogP contribution in [0.1, 0.15) is 0 Å². The van der Waals surface area contributed by atoms with Crippen LogP contribution in [0.25, 0.3) is 21.6 Å². The van der Waals surface area contributed by atoms with E-state index in [1.165, 1.54) is 0 Å². The first-order chi connectivity index (χ1) is 7.34. The SMILES string of the molecule is Clc1nc(-c2ccoc2)nc2sccc12. The number of aromatic nitrogens is 2. The Morgan fingerprint density at radius 1 is 1.27 bits per heavy atom. The average Bonchev–Trinajstić information content (AvgIpc) is 2.88. The van der Waals surface area contributed by atoms with Crippen LogP contribution in [0.15, 0.2) is 34.5 Å². The number of hydrogen-bond acceptors (Lipinski definition) is 4. The average molecular weight is 237 g/mol. The largest absolute Gasteiger partial charge is 0.472 e. The fourth-order valence-electron chi connectivity index (χ4n) is 1.34. The summed E-state index contributed by atoms with van der Waals surface area (Å²) in [4.78, 5) is 9.51. The molecule has 0 aromatic carbocycles. The number of fused-ring (bicyclic) bond motifs is 1. The Labute approximate surface area is 94.3 Å². The second-order valence-electron chi connectivity index (χ2n) is 2.99. The lowest BCUT2D eigenvalue weighted by Gasteiger charge is -1.97. The van der Waals surface area contributed by atoms with Crippen molar-refractivity contribution in [1.29, 1.82) is 0 Å². The van der Waals surface area contributed by atoms with Crippen LogP contribution in [0.3, 0.4) is 0 Å². The summed E-state index contributed by atoms with van der Waals surface area (Å²) in [5, 5.41) is 3.33. The second-order valence-corrected chi connectivity index (χ2v) is 4.24. The van der Waals surface area contributed by atoms with Crippen molar-refractivity contribution in [2.45, 2.75) is 0 Å². The maximum atomic E-state index is 6.05. The molecule has 74 valence electrons. The van der Waals surface area contributed by atoms with Gasteiger partial charge in [0, 0.05) is 5.39 Å². The quantitative estimate of drug-likeness (QED) is 0.606. The number of furan rings is 1. The Bertz CT molecular complexity index is 603. The van der Waals surface area contributed by atoms with Crippen molar-refractivity contribution in [1.82, 2.24) is 9.97 Å². The van der Waals surface area contributed by atoms with Gasteiger partial charge in [-0.05, 0) is 17.5 Å². The van der Waals surface area contributed by atoms with Crippen molar-refractivity contribution in [3.63, 3.8) is 0 Å². The minimum Gasteiger partial charge on any atom is -0.472 e. The van der Waals surface area contributed by atoms with Gasteiger partial charge in [0.15, 0.2) is 5.82 Å². The predicted molar refractivity (Wildman–Crippen MR) is 60.1 cm³/mol. The van der Waals surface area contributed by atoms with E-state index < -0.39 is 0 Å². The molecule has 0 bridgehead atoms. The van der Waals surface area contributed by atoms with E-state index in [1.54, 1.807) is 23.9 Å². The van der Waals surface area contributed by atoms with Gasteiger partial charge in [0.05, 0.1) is 11.8 Å². The summed E-state index contributed by atoms with van der Waals surface area (Å²) in [7, 11) is 0. The lowest BCUT2D eigenvalue weighted by Crippen LogP contribution is -1.87. The van der Waals surface area contributed by atoms with Gasteiger partial charge < -0.3 is 4.42 Å². The van der Waals surface area contributed by atoms with E-state index in [2.05, 4.69) is 9.97 Å². The van der Waals surface area contributed by atoms with E-state index in [9.17, 15) is 0 Å². The van der Waals surface area contributed by atoms with Gasteiger partial charge in [-0.2, -0.15) is 0 Å². The third kappa shape index (κ3) is 1.42. The van der Waals surface area contributed by atoms with Crippen LogP contribution in [-0.2, 0) is 0 Å². The molecule has 3 heterocycles. The first kappa shape index (κ1) is 8.88. The number of halogens is 1. The molecule has 0 aliphatic carbocycles. The Morgan fingerprint density at radius 2 is 2.20 bits per heavy atom. The van der Waals surface area contributed by atoms with Gasteiger partial charge in [-0.15, -0.1) is 11.3 Å². The molecule has 3 aromatic heterocycles. The highest BCUT2D eigenvalue weighted by Gasteiger charge is 2.09. The zero-order valence-electron chi connectivity index (χ0n) is 7.48. The van der Waals surface area contributed by atoms with E-state index in [0.717, 1.165) is 15.8 Å². The van der Waals surface area contributed by atoms with Crippen molar-refractivity contribution in [2.75, 3.05) is 0 Å². The molecule has 0 N–H and O–H groups in total. The second kappa shape index (κ2) is 3.32. The first-order valence-corrected chi connectivity index (χ1v) is 5.53. The maximum Gasteiger partial charge on any atom is 0.165 e. The van der Waals surface area contributed by atoms with E-state index >= 15 is 0 Å². The lowest BCUT2D eigenvalue weighted by molar-refractivity contribution is 0.568. The van der Waals surface area contributed by atoms with Gasteiger partial charge in [-0.25, -0.2) is 9.97 Å². The summed E-state index contributed by atoms with van der Waals surface area (Å²) in [6, 6.07) is 3.73. The van der Waals surface area contributed by atoms with Gasteiger partial charge in [0.25, 0.3) is 0 Å². The fourth-order valence-corrected chi connectivity index (χ4v) is 2.39. The summed E-state index contributed by atoms with van der Waals surface area (Å²) >= 11 is 7.59. The highest BCUT2D eigenvalue weighted by atomic mass is 35.5. The Kier molecular flexibility index (Phi) is 1.97. The molecular formula is C10H5ClN2OS. The molecular weight excluding hydrogens is 232 g/mol.